The number of hydrogen-bond acceptors (Lipinski definition) is 3. The molecular formula is C15H18O4. The lowest BCUT2D eigenvalue weighted by atomic mass is 9.64. The van der Waals surface area contributed by atoms with Crippen molar-refractivity contribution in [3.05, 3.63) is 23.8 Å². The Hall–Kier alpha value is -1.58. The van der Waals surface area contributed by atoms with E-state index < -0.39 is 11.4 Å². The van der Waals surface area contributed by atoms with Crippen LogP contribution in [0, 0.1) is 22.7 Å². The lowest BCUT2D eigenvalue weighted by Gasteiger charge is -2.41. The van der Waals surface area contributed by atoms with E-state index in [9.17, 15) is 14.7 Å². The summed E-state index contributed by atoms with van der Waals surface area (Å²) in [6.07, 6.45) is 3.54. The van der Waals surface area contributed by atoms with Gasteiger partial charge in [-0.15, -0.1) is 0 Å². The molecule has 0 aromatic carbocycles. The Kier molecular flexibility index (Phi) is 2.29. The smallest absolute Gasteiger partial charge is 0.334 e. The molecule has 19 heavy (non-hydrogen) atoms. The molecular weight excluding hydrogens is 244 g/mol. The van der Waals surface area contributed by atoms with Gasteiger partial charge in [-0.25, -0.2) is 9.59 Å². The van der Waals surface area contributed by atoms with Gasteiger partial charge in [0.1, 0.15) is 0 Å². The zero-order chi connectivity index (χ0) is 14.0. The number of allylic oxidation sites excluding steroid dienone is 1. The molecule has 0 unspecified atom stereocenters. The summed E-state index contributed by atoms with van der Waals surface area (Å²) in [6, 6.07) is 0. The van der Waals surface area contributed by atoms with Crippen LogP contribution in [0.25, 0.3) is 0 Å². The van der Waals surface area contributed by atoms with Crippen molar-refractivity contribution in [3.63, 3.8) is 0 Å². The first kappa shape index (κ1) is 12.5. The molecule has 0 radical (unpaired) electrons. The second-order valence-electron chi connectivity index (χ2n) is 6.75. The van der Waals surface area contributed by atoms with Crippen molar-refractivity contribution in [2.75, 3.05) is 6.61 Å². The van der Waals surface area contributed by atoms with E-state index in [1.807, 2.05) is 6.08 Å². The predicted octanol–water partition coefficient (Wildman–Crippen LogP) is 2.16. The van der Waals surface area contributed by atoms with Crippen LogP contribution in [0.4, 0.5) is 0 Å². The van der Waals surface area contributed by atoms with Crippen molar-refractivity contribution in [1.82, 2.24) is 0 Å². The van der Waals surface area contributed by atoms with Crippen molar-refractivity contribution >= 4 is 11.9 Å². The molecule has 2 fully saturated rings. The third kappa shape index (κ3) is 1.46. The number of cyclic esters (lactones) is 1. The maximum absolute atomic E-state index is 11.9. The molecule has 102 valence electrons. The van der Waals surface area contributed by atoms with Crippen LogP contribution in [0.1, 0.15) is 26.7 Å². The van der Waals surface area contributed by atoms with Crippen molar-refractivity contribution in [2.24, 2.45) is 22.7 Å². The molecule has 3 aliphatic rings. The minimum absolute atomic E-state index is 0.0962. The summed E-state index contributed by atoms with van der Waals surface area (Å²) in [6.45, 7) is 8.43. The first-order valence-electron chi connectivity index (χ1n) is 6.59. The summed E-state index contributed by atoms with van der Waals surface area (Å²) < 4.78 is 5.11. The fourth-order valence-electron chi connectivity index (χ4n) is 4.41. The number of carbonyl (C=O) groups excluding carboxylic acids is 1. The Morgan fingerprint density at radius 2 is 2.21 bits per heavy atom. The highest BCUT2D eigenvalue weighted by Gasteiger charge is 2.63. The molecule has 1 spiro atoms. The summed E-state index contributed by atoms with van der Waals surface area (Å²) in [5.41, 5.74) is 0.539. The van der Waals surface area contributed by atoms with E-state index in [1.165, 1.54) is 0 Å². The monoisotopic (exact) mass is 262 g/mol. The van der Waals surface area contributed by atoms with Crippen molar-refractivity contribution in [2.45, 2.75) is 26.7 Å². The molecule has 0 amide bonds. The van der Waals surface area contributed by atoms with E-state index in [0.717, 1.165) is 12.8 Å². The highest BCUT2D eigenvalue weighted by atomic mass is 16.5. The van der Waals surface area contributed by atoms with Crippen molar-refractivity contribution in [1.29, 1.82) is 0 Å². The molecule has 1 N–H and O–H groups in total. The molecule has 0 aromatic rings. The second-order valence-corrected chi connectivity index (χ2v) is 6.75. The average Bonchev–Trinajstić information content (AvgIpc) is 2.72. The topological polar surface area (TPSA) is 63.6 Å². The van der Waals surface area contributed by atoms with Gasteiger partial charge in [-0.2, -0.15) is 0 Å². The maximum atomic E-state index is 11.9. The number of ether oxygens (including phenoxy) is 1. The van der Waals surface area contributed by atoms with Crippen molar-refractivity contribution < 1.29 is 19.4 Å². The van der Waals surface area contributed by atoms with Crippen molar-refractivity contribution in [3.8, 4) is 0 Å². The fraction of sp³-hybridized carbons (Fsp3) is 0.600. The highest BCUT2D eigenvalue weighted by molar-refractivity contribution is 5.94. The minimum Gasteiger partial charge on any atom is -0.478 e. The van der Waals surface area contributed by atoms with E-state index in [0.29, 0.717) is 11.1 Å². The van der Waals surface area contributed by atoms with Gasteiger partial charge in [0, 0.05) is 22.5 Å². The first-order chi connectivity index (χ1) is 8.78. The standard InChI is InChI=1S/C15H18O4/c1-8-13(18)19-6-11-10(12(16)17)4-9-5-14(2,3)7-15(8,9)11/h4,9,11H,1,5-7H2,2-3H3,(H,16,17)/t9-,11+,15-/m1/s1. The zero-order valence-corrected chi connectivity index (χ0v) is 11.2. The van der Waals surface area contributed by atoms with Gasteiger partial charge in [-0.05, 0) is 24.2 Å². The number of carbonyl (C=O) groups is 2. The zero-order valence-electron chi connectivity index (χ0n) is 11.2. The van der Waals surface area contributed by atoms with Gasteiger partial charge in [0.25, 0.3) is 0 Å². The number of carboxylic acid groups (broad SMARTS) is 1. The van der Waals surface area contributed by atoms with Gasteiger partial charge in [-0.3, -0.25) is 0 Å². The Bertz CT molecular complexity index is 528. The van der Waals surface area contributed by atoms with Gasteiger partial charge in [0.2, 0.25) is 0 Å². The van der Waals surface area contributed by atoms with E-state index in [2.05, 4.69) is 20.4 Å². The van der Waals surface area contributed by atoms with Gasteiger partial charge in [-0.1, -0.05) is 26.5 Å². The number of carboxylic acids is 1. The maximum Gasteiger partial charge on any atom is 0.334 e. The largest absolute Gasteiger partial charge is 0.478 e. The normalized spacial score (nSPS) is 39.4. The minimum atomic E-state index is -0.901. The molecule has 1 saturated carbocycles. The van der Waals surface area contributed by atoms with E-state index in [-0.39, 0.29) is 29.8 Å². The molecule has 4 nitrogen and oxygen atoms in total. The van der Waals surface area contributed by atoms with Crippen LogP contribution in [-0.2, 0) is 14.3 Å². The number of esters is 1. The molecule has 4 heteroatoms. The second kappa shape index (κ2) is 3.50. The predicted molar refractivity (Wildman–Crippen MR) is 68.2 cm³/mol. The van der Waals surface area contributed by atoms with E-state index in [4.69, 9.17) is 4.74 Å². The van der Waals surface area contributed by atoms with E-state index in [1.54, 1.807) is 0 Å². The lowest BCUT2D eigenvalue weighted by Crippen LogP contribution is -2.44. The summed E-state index contributed by atoms with van der Waals surface area (Å²) in [5, 5.41) is 9.35. The fourth-order valence-corrected chi connectivity index (χ4v) is 4.41. The molecule has 1 aliphatic heterocycles. The SMILES string of the molecule is C=C1C(=O)OC[C@H]2C(C(=O)O)=C[C@@H]3CC(C)(C)C[C@@]132. The molecule has 3 atom stereocenters. The summed E-state index contributed by atoms with van der Waals surface area (Å²) in [4.78, 5) is 23.3. The van der Waals surface area contributed by atoms with Gasteiger partial charge in [0.05, 0.1) is 6.61 Å². The highest BCUT2D eigenvalue weighted by Crippen LogP contribution is 2.66. The Morgan fingerprint density at radius 3 is 2.84 bits per heavy atom. The average molecular weight is 262 g/mol. The van der Waals surface area contributed by atoms with Crippen LogP contribution in [0.15, 0.2) is 23.8 Å². The van der Waals surface area contributed by atoms with Crippen LogP contribution in [0.5, 0.6) is 0 Å². The third-order valence-electron chi connectivity index (χ3n) is 5.02. The third-order valence-corrected chi connectivity index (χ3v) is 5.02. The van der Waals surface area contributed by atoms with Gasteiger partial charge in [0.15, 0.2) is 0 Å². The molecule has 3 rings (SSSR count). The van der Waals surface area contributed by atoms with Crippen LogP contribution < -0.4 is 0 Å². The number of rotatable bonds is 1. The number of aliphatic carboxylic acids is 1. The van der Waals surface area contributed by atoms with Crippen LogP contribution in [0.3, 0.4) is 0 Å². The van der Waals surface area contributed by atoms with Gasteiger partial charge < -0.3 is 9.84 Å². The first-order valence-corrected chi connectivity index (χ1v) is 6.59. The Morgan fingerprint density at radius 1 is 1.53 bits per heavy atom. The van der Waals surface area contributed by atoms with Crippen LogP contribution in [0.2, 0.25) is 0 Å². The summed E-state index contributed by atoms with van der Waals surface area (Å²) in [5.74, 6) is -1.40. The number of hydrogen-bond donors (Lipinski definition) is 1. The van der Waals surface area contributed by atoms with Gasteiger partial charge >= 0.3 is 11.9 Å². The molecule has 1 saturated heterocycles. The summed E-state index contributed by atoms with van der Waals surface area (Å²) in [7, 11) is 0. The Labute approximate surface area is 112 Å². The molecule has 0 aromatic heterocycles. The molecule has 2 aliphatic carbocycles. The molecule has 1 heterocycles. The lowest BCUT2D eigenvalue weighted by molar-refractivity contribution is -0.150. The van der Waals surface area contributed by atoms with E-state index >= 15 is 0 Å². The quantitative estimate of drug-likeness (QED) is 0.581. The van der Waals surface area contributed by atoms with Crippen LogP contribution in [-0.4, -0.2) is 23.7 Å². The Balaban J connectivity index is 2.12. The van der Waals surface area contributed by atoms with Crippen LogP contribution >= 0.6 is 0 Å². The summed E-state index contributed by atoms with van der Waals surface area (Å²) >= 11 is 0. The molecule has 0 bridgehead atoms.